The zero-order chi connectivity index (χ0) is 33.7. The fourth-order valence-electron chi connectivity index (χ4n) is 7.19. The molecular weight excluding hydrogens is 589 g/mol. The van der Waals surface area contributed by atoms with Crippen LogP contribution in [0.5, 0.6) is 0 Å². The lowest BCUT2D eigenvalue weighted by Gasteiger charge is -2.39. The SMILES string of the molecule is CCCCCCCCCCCCCCCCC(CC(c1ccccc1)(c1ccccc1)c1ccccc1)OCc1cc(F)cc(C#N)c1. The Labute approximate surface area is 290 Å². The highest BCUT2D eigenvalue weighted by Gasteiger charge is 2.38. The number of unbranched alkanes of at least 4 members (excludes halogenated alkanes) is 13. The van der Waals surface area contributed by atoms with E-state index in [-0.39, 0.29) is 12.7 Å². The van der Waals surface area contributed by atoms with E-state index in [4.69, 9.17) is 4.74 Å². The predicted octanol–water partition coefficient (Wildman–Crippen LogP) is 12.9. The van der Waals surface area contributed by atoms with Gasteiger partial charge in [0, 0.05) is 5.41 Å². The van der Waals surface area contributed by atoms with E-state index in [1.54, 1.807) is 6.07 Å². The van der Waals surface area contributed by atoms with Crippen LogP contribution in [0.1, 0.15) is 137 Å². The standard InChI is InChI=1S/C45H56FNO/c1-2-3-4-5-6-7-8-9-10-11-12-13-14-24-31-44(48-37-39-32-38(36-47)33-43(46)34-39)35-45(40-25-18-15-19-26-40,41-27-20-16-21-28-41)42-29-22-17-23-30-42/h15-23,25-30,32-34,44H,2-14,24,31,35,37H2,1H3. The van der Waals surface area contributed by atoms with Crippen LogP contribution in [0.4, 0.5) is 4.39 Å². The van der Waals surface area contributed by atoms with Crippen molar-refractivity contribution in [2.24, 2.45) is 0 Å². The van der Waals surface area contributed by atoms with E-state index in [0.29, 0.717) is 11.1 Å². The molecular formula is C45H56FNO. The van der Waals surface area contributed by atoms with Gasteiger partial charge in [0.05, 0.1) is 24.3 Å². The van der Waals surface area contributed by atoms with Crippen molar-refractivity contribution >= 4 is 0 Å². The molecule has 0 saturated heterocycles. The minimum Gasteiger partial charge on any atom is -0.373 e. The molecule has 0 bridgehead atoms. The normalized spacial score (nSPS) is 12.1. The summed E-state index contributed by atoms with van der Waals surface area (Å²) in [6.45, 7) is 2.55. The molecule has 0 aliphatic rings. The maximum atomic E-state index is 14.4. The molecule has 1 unspecified atom stereocenters. The molecule has 1 atom stereocenters. The van der Waals surface area contributed by atoms with Crippen LogP contribution in [0.3, 0.4) is 0 Å². The van der Waals surface area contributed by atoms with Crippen molar-refractivity contribution in [3.63, 3.8) is 0 Å². The number of hydrogen-bond acceptors (Lipinski definition) is 2. The van der Waals surface area contributed by atoms with Gasteiger partial charge in [0.1, 0.15) is 5.82 Å². The van der Waals surface area contributed by atoms with E-state index >= 15 is 0 Å². The van der Waals surface area contributed by atoms with E-state index < -0.39 is 11.2 Å². The van der Waals surface area contributed by atoms with Gasteiger partial charge in [-0.05, 0) is 53.3 Å². The molecule has 0 fully saturated rings. The van der Waals surface area contributed by atoms with Crippen LogP contribution < -0.4 is 0 Å². The summed E-state index contributed by atoms with van der Waals surface area (Å²) in [5.41, 5.74) is 4.29. The number of halogens is 1. The summed E-state index contributed by atoms with van der Waals surface area (Å²) in [5, 5.41) is 9.43. The second kappa shape index (κ2) is 21.3. The van der Waals surface area contributed by atoms with Crippen LogP contribution in [-0.4, -0.2) is 6.10 Å². The Morgan fingerprint density at radius 2 is 1.04 bits per heavy atom. The third kappa shape index (κ3) is 11.7. The van der Waals surface area contributed by atoms with Crippen molar-refractivity contribution in [1.82, 2.24) is 0 Å². The lowest BCUT2D eigenvalue weighted by Crippen LogP contribution is -2.35. The Bertz CT molecular complexity index is 1370. The molecule has 0 aliphatic heterocycles. The first-order valence-corrected chi connectivity index (χ1v) is 18.6. The largest absolute Gasteiger partial charge is 0.373 e. The maximum absolute atomic E-state index is 14.4. The summed E-state index contributed by atoms with van der Waals surface area (Å²) in [7, 11) is 0. The quantitative estimate of drug-likeness (QED) is 0.0594. The smallest absolute Gasteiger partial charge is 0.124 e. The van der Waals surface area contributed by atoms with Crippen LogP contribution in [0.2, 0.25) is 0 Å². The Hall–Kier alpha value is -3.74. The summed E-state index contributed by atoms with van der Waals surface area (Å²) >= 11 is 0. The minimum absolute atomic E-state index is 0.0725. The number of nitriles is 1. The highest BCUT2D eigenvalue weighted by molar-refractivity contribution is 5.50. The Balaban J connectivity index is 1.44. The van der Waals surface area contributed by atoms with Crippen LogP contribution >= 0.6 is 0 Å². The van der Waals surface area contributed by atoms with Gasteiger partial charge in [-0.1, -0.05) is 188 Å². The summed E-state index contributed by atoms with van der Waals surface area (Å²) in [6, 6.07) is 38.9. The van der Waals surface area contributed by atoms with Crippen LogP contribution in [0.25, 0.3) is 0 Å². The molecule has 0 aliphatic carbocycles. The van der Waals surface area contributed by atoms with Gasteiger partial charge in [-0.25, -0.2) is 4.39 Å². The zero-order valence-corrected chi connectivity index (χ0v) is 29.2. The Morgan fingerprint density at radius 1 is 0.604 bits per heavy atom. The first kappa shape index (κ1) is 37.1. The summed E-state index contributed by atoms with van der Waals surface area (Å²) in [4.78, 5) is 0. The molecule has 48 heavy (non-hydrogen) atoms. The Morgan fingerprint density at radius 3 is 1.48 bits per heavy atom. The first-order valence-electron chi connectivity index (χ1n) is 18.6. The molecule has 4 aromatic rings. The number of benzene rings is 4. The van der Waals surface area contributed by atoms with Gasteiger partial charge in [0.25, 0.3) is 0 Å². The van der Waals surface area contributed by atoms with Crippen molar-refractivity contribution in [2.45, 2.75) is 128 Å². The minimum atomic E-state index is -0.426. The van der Waals surface area contributed by atoms with Crippen molar-refractivity contribution in [3.8, 4) is 6.07 Å². The Kier molecular flexibility index (Phi) is 16.4. The first-order chi connectivity index (χ1) is 23.7. The van der Waals surface area contributed by atoms with E-state index in [2.05, 4.69) is 104 Å². The molecule has 4 aromatic carbocycles. The number of ether oxygens (including phenoxy) is 1. The van der Waals surface area contributed by atoms with Crippen LogP contribution in [-0.2, 0) is 16.8 Å². The van der Waals surface area contributed by atoms with Gasteiger partial charge < -0.3 is 4.74 Å². The third-order valence-electron chi connectivity index (χ3n) is 9.79. The second-order valence-electron chi connectivity index (χ2n) is 13.5. The lowest BCUT2D eigenvalue weighted by molar-refractivity contribution is 0.0192. The fourth-order valence-corrected chi connectivity index (χ4v) is 7.19. The second-order valence-corrected chi connectivity index (χ2v) is 13.5. The van der Waals surface area contributed by atoms with E-state index in [0.717, 1.165) is 19.3 Å². The monoisotopic (exact) mass is 645 g/mol. The predicted molar refractivity (Wildman–Crippen MR) is 198 cm³/mol. The van der Waals surface area contributed by atoms with Crippen molar-refractivity contribution in [2.75, 3.05) is 0 Å². The van der Waals surface area contributed by atoms with Gasteiger partial charge in [-0.15, -0.1) is 0 Å². The lowest BCUT2D eigenvalue weighted by atomic mass is 9.66. The third-order valence-corrected chi connectivity index (χ3v) is 9.79. The molecule has 4 rings (SSSR count). The van der Waals surface area contributed by atoms with Gasteiger partial charge in [-0.3, -0.25) is 0 Å². The molecule has 0 N–H and O–H groups in total. The van der Waals surface area contributed by atoms with Crippen LogP contribution in [0.15, 0.2) is 109 Å². The van der Waals surface area contributed by atoms with Crippen molar-refractivity contribution < 1.29 is 9.13 Å². The average molecular weight is 646 g/mol. The molecule has 3 heteroatoms. The van der Waals surface area contributed by atoms with Gasteiger partial charge in [-0.2, -0.15) is 5.26 Å². The van der Waals surface area contributed by atoms with Gasteiger partial charge in [0.15, 0.2) is 0 Å². The molecule has 0 amide bonds. The molecule has 0 aromatic heterocycles. The zero-order valence-electron chi connectivity index (χ0n) is 29.2. The summed E-state index contributed by atoms with van der Waals surface area (Å²) in [6.07, 6.45) is 20.2. The molecule has 0 saturated carbocycles. The number of nitrogens with zero attached hydrogens (tertiary/aromatic N) is 1. The summed E-state index contributed by atoms with van der Waals surface area (Å²) in [5.74, 6) is -0.400. The summed E-state index contributed by atoms with van der Waals surface area (Å²) < 4.78 is 21.1. The van der Waals surface area contributed by atoms with Gasteiger partial charge in [0.2, 0.25) is 0 Å². The van der Waals surface area contributed by atoms with Crippen molar-refractivity contribution in [3.05, 3.63) is 143 Å². The maximum Gasteiger partial charge on any atom is 0.124 e. The number of rotatable bonds is 23. The van der Waals surface area contributed by atoms with E-state index in [9.17, 15) is 9.65 Å². The van der Waals surface area contributed by atoms with Crippen LogP contribution in [0, 0.1) is 17.1 Å². The highest BCUT2D eigenvalue weighted by Crippen LogP contribution is 2.44. The molecule has 0 spiro atoms. The molecule has 254 valence electrons. The fraction of sp³-hybridized carbons (Fsp3) is 0.444. The topological polar surface area (TPSA) is 33.0 Å². The molecule has 2 nitrogen and oxygen atoms in total. The molecule has 0 radical (unpaired) electrons. The van der Waals surface area contributed by atoms with E-state index in [1.165, 1.54) is 112 Å². The van der Waals surface area contributed by atoms with Gasteiger partial charge >= 0.3 is 0 Å². The number of hydrogen-bond donors (Lipinski definition) is 0. The molecule has 0 heterocycles. The average Bonchev–Trinajstić information content (AvgIpc) is 3.13. The highest BCUT2D eigenvalue weighted by atomic mass is 19.1. The van der Waals surface area contributed by atoms with Crippen molar-refractivity contribution in [1.29, 1.82) is 5.26 Å². The van der Waals surface area contributed by atoms with E-state index in [1.807, 2.05) is 0 Å².